The van der Waals surface area contributed by atoms with Gasteiger partial charge < -0.3 is 24.0 Å². The van der Waals surface area contributed by atoms with E-state index in [9.17, 15) is 37.1 Å². The molecular weight excluding hydrogens is 640 g/mol. The van der Waals surface area contributed by atoms with E-state index in [2.05, 4.69) is 4.90 Å². The lowest BCUT2D eigenvalue weighted by Gasteiger charge is -2.35. The second-order valence-electron chi connectivity index (χ2n) is 11.6. The maximum atomic E-state index is 14.5. The van der Waals surface area contributed by atoms with Crippen LogP contribution in [-0.4, -0.2) is 57.0 Å². The molecule has 250 valence electrons. The fourth-order valence-corrected chi connectivity index (χ4v) is 5.78. The number of aliphatic hydroxyl groups excluding tert-OH is 1. The van der Waals surface area contributed by atoms with E-state index in [1.54, 1.807) is 6.07 Å². The maximum Gasteiger partial charge on any atom is 0.294 e. The van der Waals surface area contributed by atoms with Crippen LogP contribution in [0.3, 0.4) is 0 Å². The molecule has 1 fully saturated rings. The molecule has 0 bridgehead atoms. The monoisotopic (exact) mass is 670 g/mol. The Morgan fingerprint density at radius 2 is 1.39 bits per heavy atom. The summed E-state index contributed by atoms with van der Waals surface area (Å²) in [5, 5.41) is 11.0. The van der Waals surface area contributed by atoms with E-state index in [-0.39, 0.29) is 42.7 Å². The zero-order valence-corrected chi connectivity index (χ0v) is 26.0. The predicted octanol–water partition coefficient (Wildman–Crippen LogP) is 5.65. The third-order valence-corrected chi connectivity index (χ3v) is 8.33. The average molecular weight is 671 g/mol. The van der Waals surface area contributed by atoms with Crippen molar-refractivity contribution in [3.05, 3.63) is 159 Å². The SMILES string of the molecule is O=C(/C=C(/O)c1cc(Cc2cc(F)c(F)c(F)c2)cn(Cc2ccccc2F)c1=O)C(=O)N1CCN(c2ccc(-n3cccc3)cc2)CC1. The van der Waals surface area contributed by atoms with E-state index in [1.807, 2.05) is 53.4 Å². The molecule has 0 unspecified atom stereocenters. The number of carbonyl (C=O) groups excluding carboxylic acids is 2. The largest absolute Gasteiger partial charge is 0.507 e. The fourth-order valence-electron chi connectivity index (χ4n) is 5.78. The van der Waals surface area contributed by atoms with E-state index in [0.717, 1.165) is 28.1 Å². The topological polar surface area (TPSA) is 87.8 Å². The van der Waals surface area contributed by atoms with Crippen LogP contribution in [0.25, 0.3) is 11.4 Å². The number of nitrogens with zero attached hydrogens (tertiary/aromatic N) is 4. The smallest absolute Gasteiger partial charge is 0.294 e. The van der Waals surface area contributed by atoms with Crippen LogP contribution in [0.2, 0.25) is 0 Å². The molecule has 6 rings (SSSR count). The van der Waals surface area contributed by atoms with Gasteiger partial charge in [-0.25, -0.2) is 17.6 Å². The Labute approximate surface area is 278 Å². The number of hydrogen-bond donors (Lipinski definition) is 1. The number of piperazine rings is 1. The lowest BCUT2D eigenvalue weighted by molar-refractivity contribution is -0.142. The molecule has 12 heteroatoms. The van der Waals surface area contributed by atoms with Crippen molar-refractivity contribution in [3.8, 4) is 5.69 Å². The molecule has 1 aliphatic heterocycles. The minimum atomic E-state index is -1.64. The second-order valence-corrected chi connectivity index (χ2v) is 11.6. The van der Waals surface area contributed by atoms with Crippen molar-refractivity contribution < 1.29 is 32.3 Å². The highest BCUT2D eigenvalue weighted by molar-refractivity contribution is 6.41. The molecule has 1 amide bonds. The van der Waals surface area contributed by atoms with Crippen molar-refractivity contribution in [2.75, 3.05) is 31.1 Å². The summed E-state index contributed by atoms with van der Waals surface area (Å²) in [7, 11) is 0. The third kappa shape index (κ3) is 7.33. The Bertz CT molecular complexity index is 2080. The molecule has 8 nitrogen and oxygen atoms in total. The van der Waals surface area contributed by atoms with E-state index in [1.165, 1.54) is 35.4 Å². The van der Waals surface area contributed by atoms with Crippen LogP contribution in [0.1, 0.15) is 22.3 Å². The molecule has 3 aromatic carbocycles. The molecule has 0 radical (unpaired) electrons. The number of benzene rings is 3. The first kappa shape index (κ1) is 33.0. The number of ketones is 1. The highest BCUT2D eigenvalue weighted by Crippen LogP contribution is 2.21. The Morgan fingerprint density at radius 1 is 0.755 bits per heavy atom. The van der Waals surface area contributed by atoms with Crippen molar-refractivity contribution in [1.82, 2.24) is 14.0 Å². The molecule has 5 aromatic rings. The summed E-state index contributed by atoms with van der Waals surface area (Å²) in [6.07, 6.45) is 5.64. The Morgan fingerprint density at radius 3 is 2.04 bits per heavy atom. The molecule has 2 aromatic heterocycles. The second kappa shape index (κ2) is 14.1. The summed E-state index contributed by atoms with van der Waals surface area (Å²) in [5.74, 6) is -7.79. The zero-order valence-electron chi connectivity index (χ0n) is 26.0. The van der Waals surface area contributed by atoms with Gasteiger partial charge in [0.15, 0.2) is 17.5 Å². The van der Waals surface area contributed by atoms with Gasteiger partial charge in [-0.15, -0.1) is 0 Å². The van der Waals surface area contributed by atoms with Gasteiger partial charge in [-0.3, -0.25) is 14.4 Å². The minimum absolute atomic E-state index is 0.0177. The highest BCUT2D eigenvalue weighted by Gasteiger charge is 2.26. The number of anilines is 1. The number of pyridine rings is 1. The van der Waals surface area contributed by atoms with Gasteiger partial charge in [0.1, 0.15) is 11.6 Å². The number of halogens is 4. The lowest BCUT2D eigenvalue weighted by Crippen LogP contribution is -2.50. The number of amides is 1. The molecule has 0 saturated carbocycles. The van der Waals surface area contributed by atoms with Crippen LogP contribution >= 0.6 is 0 Å². The number of carbonyl (C=O) groups is 2. The van der Waals surface area contributed by atoms with Crippen LogP contribution in [0, 0.1) is 23.3 Å². The Kier molecular flexibility index (Phi) is 9.47. The van der Waals surface area contributed by atoms with Crippen molar-refractivity contribution in [2.45, 2.75) is 13.0 Å². The third-order valence-electron chi connectivity index (χ3n) is 8.33. The summed E-state index contributed by atoms with van der Waals surface area (Å²) in [6, 6.07) is 20.3. The molecule has 0 atom stereocenters. The maximum absolute atomic E-state index is 14.5. The summed E-state index contributed by atoms with van der Waals surface area (Å²) in [6.45, 7) is 1.14. The molecule has 0 spiro atoms. The van der Waals surface area contributed by atoms with Gasteiger partial charge in [-0.05, 0) is 78.2 Å². The van der Waals surface area contributed by atoms with Crippen LogP contribution in [0.4, 0.5) is 23.2 Å². The molecule has 49 heavy (non-hydrogen) atoms. The average Bonchev–Trinajstić information content (AvgIpc) is 3.64. The standard InChI is InChI=1S/C37H30F4N4O4/c38-30-6-2-1-5-26(30)23-45-22-25(17-24-19-31(39)35(41)32(40)20-24)18-29(36(45)48)33(46)21-34(47)37(49)44-15-13-43(14-16-44)28-9-7-27(8-10-28)42-11-3-4-12-42/h1-12,18-22,46H,13-17,23H2/b33-21+. The summed E-state index contributed by atoms with van der Waals surface area (Å²) < 4.78 is 59.0. The number of hydrogen-bond acceptors (Lipinski definition) is 5. The quantitative estimate of drug-likeness (QED) is 0.0721. The first-order valence-electron chi connectivity index (χ1n) is 15.4. The van der Waals surface area contributed by atoms with Gasteiger partial charge >= 0.3 is 0 Å². The van der Waals surface area contributed by atoms with Gasteiger partial charge in [0.25, 0.3) is 11.5 Å². The molecule has 0 aliphatic carbocycles. The van der Waals surface area contributed by atoms with Gasteiger partial charge in [-0.1, -0.05) is 18.2 Å². The molecule has 1 N–H and O–H groups in total. The number of aliphatic hydroxyl groups is 1. The molecule has 1 saturated heterocycles. The first-order valence-corrected chi connectivity index (χ1v) is 15.4. The number of rotatable bonds is 9. The predicted molar refractivity (Wildman–Crippen MR) is 176 cm³/mol. The van der Waals surface area contributed by atoms with E-state index >= 15 is 0 Å². The Hall–Kier alpha value is -5.91. The van der Waals surface area contributed by atoms with Gasteiger partial charge in [0.05, 0.1) is 12.1 Å². The van der Waals surface area contributed by atoms with Crippen LogP contribution in [0.5, 0.6) is 0 Å². The van der Waals surface area contributed by atoms with Crippen molar-refractivity contribution in [1.29, 1.82) is 0 Å². The van der Waals surface area contributed by atoms with Crippen molar-refractivity contribution in [3.63, 3.8) is 0 Å². The van der Waals surface area contributed by atoms with Crippen LogP contribution in [-0.2, 0) is 22.6 Å². The van der Waals surface area contributed by atoms with Crippen LogP contribution < -0.4 is 10.5 Å². The Balaban J connectivity index is 1.20. The highest BCUT2D eigenvalue weighted by atomic mass is 19.2. The fraction of sp³-hybridized carbons (Fsp3) is 0.162. The van der Waals surface area contributed by atoms with Gasteiger partial charge in [0, 0.05) is 67.8 Å². The summed E-state index contributed by atoms with van der Waals surface area (Å²) in [5.41, 5.74) is 1.14. The zero-order chi connectivity index (χ0) is 34.7. The minimum Gasteiger partial charge on any atom is -0.507 e. The lowest BCUT2D eigenvalue weighted by atomic mass is 10.0. The normalized spacial score (nSPS) is 13.5. The van der Waals surface area contributed by atoms with Gasteiger partial charge in [0.2, 0.25) is 5.78 Å². The first-order chi connectivity index (χ1) is 23.6. The van der Waals surface area contributed by atoms with E-state index in [0.29, 0.717) is 19.2 Å². The summed E-state index contributed by atoms with van der Waals surface area (Å²) in [4.78, 5) is 43.0. The van der Waals surface area contributed by atoms with E-state index < -0.39 is 51.8 Å². The van der Waals surface area contributed by atoms with Crippen molar-refractivity contribution in [2.24, 2.45) is 0 Å². The van der Waals surface area contributed by atoms with E-state index in [4.69, 9.17) is 0 Å². The molecule has 3 heterocycles. The number of aromatic nitrogens is 2. The van der Waals surface area contributed by atoms with Crippen molar-refractivity contribution >= 4 is 23.1 Å². The summed E-state index contributed by atoms with van der Waals surface area (Å²) >= 11 is 0. The van der Waals surface area contributed by atoms with Crippen LogP contribution in [0.15, 0.2) is 108 Å². The molecule has 1 aliphatic rings. The molecular formula is C37H30F4N4O4. The van der Waals surface area contributed by atoms with Gasteiger partial charge in [-0.2, -0.15) is 0 Å².